The van der Waals surface area contributed by atoms with E-state index in [1.165, 1.54) is 12.5 Å². The fraction of sp³-hybridized carbons (Fsp3) is 0.235. The number of anilines is 1. The minimum Gasteiger partial charge on any atom is -0.466 e. The van der Waals surface area contributed by atoms with Gasteiger partial charge in [0.1, 0.15) is 0 Å². The van der Waals surface area contributed by atoms with Crippen LogP contribution in [0.2, 0.25) is 0 Å². The molecule has 0 aliphatic rings. The monoisotopic (exact) mass is 269 g/mol. The van der Waals surface area contributed by atoms with Gasteiger partial charge in [-0.3, -0.25) is 4.79 Å². The van der Waals surface area contributed by atoms with Gasteiger partial charge < -0.3 is 10.1 Å². The first kappa shape index (κ1) is 14.1. The molecule has 1 N–H and O–H groups in total. The topological polar surface area (TPSA) is 38.3 Å². The third-order valence-electron chi connectivity index (χ3n) is 2.99. The molecule has 3 nitrogen and oxygen atoms in total. The van der Waals surface area contributed by atoms with Gasteiger partial charge in [0.25, 0.3) is 0 Å². The van der Waals surface area contributed by atoms with Crippen LogP contribution in [0.5, 0.6) is 0 Å². The molecule has 104 valence electrons. The number of ether oxygens (including phenoxy) is 1. The maximum absolute atomic E-state index is 10.7. The van der Waals surface area contributed by atoms with Gasteiger partial charge in [-0.25, -0.2) is 0 Å². The molecule has 2 aromatic rings. The van der Waals surface area contributed by atoms with Crippen LogP contribution in [0.1, 0.15) is 18.1 Å². The first-order valence-electron chi connectivity index (χ1n) is 6.74. The number of hydrogen-bond donors (Lipinski definition) is 1. The summed E-state index contributed by atoms with van der Waals surface area (Å²) in [5.74, 6) is -0.230. The number of esters is 1. The molecule has 0 atom stereocenters. The fourth-order valence-electron chi connectivity index (χ4n) is 1.90. The van der Waals surface area contributed by atoms with E-state index in [0.29, 0.717) is 6.61 Å². The minimum atomic E-state index is -0.230. The molecule has 0 amide bonds. The van der Waals surface area contributed by atoms with Crippen molar-refractivity contribution in [2.24, 2.45) is 0 Å². The van der Waals surface area contributed by atoms with Crippen LogP contribution in [0.3, 0.4) is 0 Å². The van der Waals surface area contributed by atoms with Gasteiger partial charge in [0.05, 0.1) is 6.61 Å². The van der Waals surface area contributed by atoms with Gasteiger partial charge in [-0.05, 0) is 23.3 Å². The summed E-state index contributed by atoms with van der Waals surface area (Å²) >= 11 is 0. The highest BCUT2D eigenvalue weighted by Crippen LogP contribution is 2.11. The van der Waals surface area contributed by atoms with Crippen LogP contribution in [0.25, 0.3) is 0 Å². The lowest BCUT2D eigenvalue weighted by Crippen LogP contribution is -2.03. The SMILES string of the molecule is CC(=O)OCCc1ccc(NCc2ccccc2)cc1. The van der Waals surface area contributed by atoms with E-state index in [4.69, 9.17) is 4.74 Å². The van der Waals surface area contributed by atoms with Crippen LogP contribution in [0, 0.1) is 0 Å². The van der Waals surface area contributed by atoms with Crippen molar-refractivity contribution in [3.8, 4) is 0 Å². The molecule has 0 aliphatic carbocycles. The van der Waals surface area contributed by atoms with Crippen molar-refractivity contribution >= 4 is 11.7 Å². The summed E-state index contributed by atoms with van der Waals surface area (Å²) in [4.78, 5) is 10.7. The highest BCUT2D eigenvalue weighted by molar-refractivity contribution is 5.65. The van der Waals surface area contributed by atoms with Crippen LogP contribution in [0.4, 0.5) is 5.69 Å². The van der Waals surface area contributed by atoms with E-state index in [1.807, 2.05) is 30.3 Å². The molecule has 0 saturated heterocycles. The first-order chi connectivity index (χ1) is 9.74. The Kier molecular flexibility index (Phi) is 5.18. The Morgan fingerprint density at radius 1 is 1.00 bits per heavy atom. The molecule has 0 spiro atoms. The number of benzene rings is 2. The average molecular weight is 269 g/mol. The maximum atomic E-state index is 10.7. The minimum absolute atomic E-state index is 0.230. The summed E-state index contributed by atoms with van der Waals surface area (Å²) in [7, 11) is 0. The van der Waals surface area contributed by atoms with Gasteiger partial charge in [0.2, 0.25) is 0 Å². The molecule has 0 fully saturated rings. The smallest absolute Gasteiger partial charge is 0.302 e. The largest absolute Gasteiger partial charge is 0.466 e. The van der Waals surface area contributed by atoms with E-state index in [-0.39, 0.29) is 5.97 Å². The lowest BCUT2D eigenvalue weighted by atomic mass is 10.1. The van der Waals surface area contributed by atoms with Crippen molar-refractivity contribution in [1.29, 1.82) is 0 Å². The fourth-order valence-corrected chi connectivity index (χ4v) is 1.90. The van der Waals surface area contributed by atoms with Crippen molar-refractivity contribution in [3.05, 3.63) is 65.7 Å². The summed E-state index contributed by atoms with van der Waals surface area (Å²) in [6.07, 6.45) is 0.749. The van der Waals surface area contributed by atoms with E-state index in [9.17, 15) is 4.79 Å². The molecule has 2 aromatic carbocycles. The second-order valence-corrected chi connectivity index (χ2v) is 4.63. The molecule has 2 rings (SSSR count). The van der Waals surface area contributed by atoms with Gasteiger partial charge in [-0.15, -0.1) is 0 Å². The summed E-state index contributed by atoms with van der Waals surface area (Å²) in [5, 5.41) is 3.38. The summed E-state index contributed by atoms with van der Waals surface area (Å²) in [5.41, 5.74) is 3.51. The molecular formula is C17H19NO2. The van der Waals surface area contributed by atoms with Crippen LogP contribution >= 0.6 is 0 Å². The van der Waals surface area contributed by atoms with Crippen molar-refractivity contribution in [2.45, 2.75) is 19.9 Å². The molecule has 0 radical (unpaired) electrons. The van der Waals surface area contributed by atoms with Gasteiger partial charge in [0, 0.05) is 25.6 Å². The Balaban J connectivity index is 1.81. The maximum Gasteiger partial charge on any atom is 0.302 e. The Morgan fingerprint density at radius 3 is 2.35 bits per heavy atom. The van der Waals surface area contributed by atoms with Gasteiger partial charge >= 0.3 is 5.97 Å². The number of hydrogen-bond acceptors (Lipinski definition) is 3. The molecule has 0 heterocycles. The molecule has 0 aromatic heterocycles. The second kappa shape index (κ2) is 7.34. The lowest BCUT2D eigenvalue weighted by Gasteiger charge is -2.08. The predicted molar refractivity (Wildman–Crippen MR) is 80.5 cm³/mol. The zero-order valence-electron chi connectivity index (χ0n) is 11.6. The number of nitrogens with one attached hydrogen (secondary N) is 1. The van der Waals surface area contributed by atoms with Gasteiger partial charge in [0.15, 0.2) is 0 Å². The number of carbonyl (C=O) groups excluding carboxylic acids is 1. The van der Waals surface area contributed by atoms with E-state index >= 15 is 0 Å². The first-order valence-corrected chi connectivity index (χ1v) is 6.74. The Labute approximate surface area is 119 Å². The second-order valence-electron chi connectivity index (χ2n) is 4.63. The summed E-state index contributed by atoms with van der Waals surface area (Å²) in [6.45, 7) is 2.68. The molecule has 20 heavy (non-hydrogen) atoms. The summed E-state index contributed by atoms with van der Waals surface area (Å²) in [6, 6.07) is 18.5. The highest BCUT2D eigenvalue weighted by atomic mass is 16.5. The van der Waals surface area contributed by atoms with Gasteiger partial charge in [-0.1, -0.05) is 42.5 Å². The molecule has 0 bridgehead atoms. The van der Waals surface area contributed by atoms with Gasteiger partial charge in [-0.2, -0.15) is 0 Å². The Morgan fingerprint density at radius 2 is 1.70 bits per heavy atom. The zero-order valence-corrected chi connectivity index (χ0v) is 11.6. The number of carbonyl (C=O) groups is 1. The van der Waals surface area contributed by atoms with Crippen molar-refractivity contribution in [2.75, 3.05) is 11.9 Å². The Hall–Kier alpha value is -2.29. The summed E-state index contributed by atoms with van der Waals surface area (Å²) < 4.78 is 4.93. The van der Waals surface area contributed by atoms with E-state index < -0.39 is 0 Å². The lowest BCUT2D eigenvalue weighted by molar-refractivity contribution is -0.140. The molecule has 0 unspecified atom stereocenters. The molecule has 0 saturated carbocycles. The molecular weight excluding hydrogens is 250 g/mol. The zero-order chi connectivity index (χ0) is 14.2. The van der Waals surface area contributed by atoms with Crippen LogP contribution in [0.15, 0.2) is 54.6 Å². The van der Waals surface area contributed by atoms with E-state index in [0.717, 1.165) is 24.2 Å². The van der Waals surface area contributed by atoms with Crippen molar-refractivity contribution < 1.29 is 9.53 Å². The van der Waals surface area contributed by atoms with Crippen molar-refractivity contribution in [3.63, 3.8) is 0 Å². The van der Waals surface area contributed by atoms with Crippen LogP contribution in [-0.2, 0) is 22.5 Å². The van der Waals surface area contributed by atoms with Crippen molar-refractivity contribution in [1.82, 2.24) is 0 Å². The third kappa shape index (κ3) is 4.76. The van der Waals surface area contributed by atoms with E-state index in [2.05, 4.69) is 29.6 Å². The quantitative estimate of drug-likeness (QED) is 0.817. The van der Waals surface area contributed by atoms with E-state index in [1.54, 1.807) is 0 Å². The highest BCUT2D eigenvalue weighted by Gasteiger charge is 1.97. The predicted octanol–water partition coefficient (Wildman–Crippen LogP) is 3.40. The van der Waals surface area contributed by atoms with Crippen LogP contribution < -0.4 is 5.32 Å². The average Bonchev–Trinajstić information content (AvgIpc) is 2.47. The third-order valence-corrected chi connectivity index (χ3v) is 2.99. The normalized spacial score (nSPS) is 10.1. The number of rotatable bonds is 6. The Bertz CT molecular complexity index is 535. The molecule has 3 heteroatoms. The molecule has 0 aliphatic heterocycles. The standard InChI is InChI=1S/C17H19NO2/c1-14(19)20-12-11-15-7-9-17(10-8-15)18-13-16-5-3-2-4-6-16/h2-10,18H,11-13H2,1H3. The van der Waals surface area contributed by atoms with Crippen LogP contribution in [-0.4, -0.2) is 12.6 Å².